The van der Waals surface area contributed by atoms with Crippen molar-refractivity contribution in [3.8, 4) is 0 Å². The van der Waals surface area contributed by atoms with E-state index in [9.17, 15) is 0 Å². The van der Waals surface area contributed by atoms with Crippen molar-refractivity contribution in [1.82, 2.24) is 0 Å². The van der Waals surface area contributed by atoms with E-state index in [1.807, 2.05) is 48.5 Å². The second kappa shape index (κ2) is 5.61. The molecule has 0 fully saturated rings. The lowest BCUT2D eigenvalue weighted by molar-refractivity contribution is 1.07. The van der Waals surface area contributed by atoms with Crippen LogP contribution in [0.4, 0.5) is 11.4 Å². The van der Waals surface area contributed by atoms with E-state index >= 15 is 0 Å². The Kier molecular flexibility index (Phi) is 3.90. The van der Waals surface area contributed by atoms with Gasteiger partial charge in [-0.15, -0.1) is 0 Å². The van der Waals surface area contributed by atoms with Crippen molar-refractivity contribution in [2.75, 3.05) is 10.5 Å². The number of benzene rings is 2. The largest absolute Gasteiger partial charge is 0.399 e. The molecule has 0 spiro atoms. The Bertz CT molecular complexity index is 465. The van der Waals surface area contributed by atoms with Gasteiger partial charge in [0.2, 0.25) is 0 Å². The first-order valence-corrected chi connectivity index (χ1v) is 6.17. The van der Waals surface area contributed by atoms with Crippen molar-refractivity contribution in [3.05, 3.63) is 54.1 Å². The molecular formula is C13H15N3S. The van der Waals surface area contributed by atoms with E-state index in [1.165, 1.54) is 0 Å². The fourth-order valence-corrected chi connectivity index (χ4v) is 2.01. The van der Waals surface area contributed by atoms with E-state index in [-0.39, 0.29) is 0 Å². The smallest absolute Gasteiger partial charge is 0.0443 e. The second-order valence-electron chi connectivity index (χ2n) is 3.67. The van der Waals surface area contributed by atoms with Gasteiger partial charge in [0.25, 0.3) is 0 Å². The van der Waals surface area contributed by atoms with Gasteiger partial charge in [0.05, 0.1) is 0 Å². The molecule has 2 aromatic carbocycles. The molecule has 0 atom stereocenters. The summed E-state index contributed by atoms with van der Waals surface area (Å²) in [6.07, 6.45) is 0. The van der Waals surface area contributed by atoms with Crippen LogP contribution in [0.3, 0.4) is 0 Å². The summed E-state index contributed by atoms with van der Waals surface area (Å²) in [4.78, 5) is 1.13. The SMILES string of the molecule is NCc1ccc(NSc2ccc(N)cc2)cc1. The fraction of sp³-hybridized carbons (Fsp3) is 0.0769. The summed E-state index contributed by atoms with van der Waals surface area (Å²) < 4.78 is 3.27. The van der Waals surface area contributed by atoms with E-state index in [0.29, 0.717) is 6.54 Å². The zero-order chi connectivity index (χ0) is 12.1. The molecule has 0 radical (unpaired) electrons. The maximum Gasteiger partial charge on any atom is 0.0443 e. The van der Waals surface area contributed by atoms with Crippen LogP contribution in [-0.4, -0.2) is 0 Å². The molecule has 3 nitrogen and oxygen atoms in total. The Morgan fingerprint density at radius 1 is 0.941 bits per heavy atom. The third-order valence-corrected chi connectivity index (χ3v) is 3.20. The van der Waals surface area contributed by atoms with Crippen LogP contribution in [0, 0.1) is 0 Å². The van der Waals surface area contributed by atoms with Gasteiger partial charge in [0, 0.05) is 22.8 Å². The van der Waals surface area contributed by atoms with Gasteiger partial charge in [-0.05, 0) is 53.9 Å². The molecule has 2 rings (SSSR count). The van der Waals surface area contributed by atoms with Crippen LogP contribution in [0.25, 0.3) is 0 Å². The van der Waals surface area contributed by atoms with Gasteiger partial charge >= 0.3 is 0 Å². The Morgan fingerprint density at radius 2 is 1.59 bits per heavy atom. The summed E-state index contributed by atoms with van der Waals surface area (Å²) in [6, 6.07) is 15.8. The lowest BCUT2D eigenvalue weighted by Crippen LogP contribution is -1.95. The van der Waals surface area contributed by atoms with Gasteiger partial charge in [-0.3, -0.25) is 0 Å². The van der Waals surface area contributed by atoms with Gasteiger partial charge in [0.1, 0.15) is 0 Å². The van der Waals surface area contributed by atoms with Crippen molar-refractivity contribution >= 4 is 23.3 Å². The Morgan fingerprint density at radius 3 is 2.18 bits per heavy atom. The van der Waals surface area contributed by atoms with Crippen LogP contribution >= 0.6 is 11.9 Å². The lowest BCUT2D eigenvalue weighted by Gasteiger charge is -2.06. The molecule has 2 aromatic rings. The predicted molar refractivity (Wildman–Crippen MR) is 74.7 cm³/mol. The molecule has 0 bridgehead atoms. The van der Waals surface area contributed by atoms with Crippen LogP contribution in [0.15, 0.2) is 53.4 Å². The number of nitrogen functional groups attached to an aromatic ring is 1. The molecule has 5 N–H and O–H groups in total. The van der Waals surface area contributed by atoms with Crippen molar-refractivity contribution in [2.45, 2.75) is 11.4 Å². The number of nitrogens with one attached hydrogen (secondary N) is 1. The Labute approximate surface area is 105 Å². The zero-order valence-electron chi connectivity index (χ0n) is 9.39. The Balaban J connectivity index is 1.95. The highest BCUT2D eigenvalue weighted by Gasteiger charge is 1.95. The third kappa shape index (κ3) is 3.41. The van der Waals surface area contributed by atoms with Crippen LogP contribution in [0.1, 0.15) is 5.56 Å². The van der Waals surface area contributed by atoms with E-state index < -0.39 is 0 Å². The molecule has 88 valence electrons. The maximum absolute atomic E-state index is 5.62. The van der Waals surface area contributed by atoms with E-state index in [4.69, 9.17) is 11.5 Å². The standard InChI is InChI=1S/C13H15N3S/c14-9-10-1-5-12(6-2-10)16-17-13-7-3-11(15)4-8-13/h1-8,16H,9,14-15H2. The number of hydrogen-bond donors (Lipinski definition) is 3. The van der Waals surface area contributed by atoms with Crippen LogP contribution in [-0.2, 0) is 6.54 Å². The van der Waals surface area contributed by atoms with Gasteiger partial charge in [-0.1, -0.05) is 12.1 Å². The number of anilines is 2. The van der Waals surface area contributed by atoms with Gasteiger partial charge in [-0.25, -0.2) is 0 Å². The highest BCUT2D eigenvalue weighted by Crippen LogP contribution is 2.22. The van der Waals surface area contributed by atoms with E-state index in [0.717, 1.165) is 21.8 Å². The second-order valence-corrected chi connectivity index (χ2v) is 4.55. The topological polar surface area (TPSA) is 64.1 Å². The molecule has 0 aromatic heterocycles. The molecule has 0 aliphatic carbocycles. The monoisotopic (exact) mass is 245 g/mol. The summed E-state index contributed by atoms with van der Waals surface area (Å²) >= 11 is 1.56. The maximum atomic E-state index is 5.62. The van der Waals surface area contributed by atoms with Crippen molar-refractivity contribution in [2.24, 2.45) is 5.73 Å². The third-order valence-electron chi connectivity index (χ3n) is 2.36. The molecule has 0 saturated carbocycles. The minimum Gasteiger partial charge on any atom is -0.399 e. The first-order chi connectivity index (χ1) is 8.28. The normalized spacial score (nSPS) is 10.2. The molecule has 17 heavy (non-hydrogen) atoms. The fourth-order valence-electron chi connectivity index (χ4n) is 1.36. The number of rotatable bonds is 4. The quantitative estimate of drug-likeness (QED) is 0.572. The first kappa shape index (κ1) is 11.8. The van der Waals surface area contributed by atoms with E-state index in [2.05, 4.69) is 4.72 Å². The molecular weight excluding hydrogens is 230 g/mol. The molecule has 0 aliphatic heterocycles. The summed E-state index contributed by atoms with van der Waals surface area (Å²) in [5, 5.41) is 0. The van der Waals surface area contributed by atoms with Crippen molar-refractivity contribution in [3.63, 3.8) is 0 Å². The summed E-state index contributed by atoms with van der Waals surface area (Å²) in [6.45, 7) is 0.575. The number of nitrogens with two attached hydrogens (primary N) is 2. The highest BCUT2D eigenvalue weighted by atomic mass is 32.2. The van der Waals surface area contributed by atoms with Crippen LogP contribution in [0.5, 0.6) is 0 Å². The summed E-state index contributed by atoms with van der Waals surface area (Å²) in [5.41, 5.74) is 14.1. The molecule has 0 saturated heterocycles. The average molecular weight is 245 g/mol. The highest BCUT2D eigenvalue weighted by molar-refractivity contribution is 8.00. The van der Waals surface area contributed by atoms with Gasteiger partial charge in [0.15, 0.2) is 0 Å². The van der Waals surface area contributed by atoms with Crippen molar-refractivity contribution in [1.29, 1.82) is 0 Å². The van der Waals surface area contributed by atoms with Gasteiger partial charge < -0.3 is 16.2 Å². The molecule has 0 amide bonds. The van der Waals surface area contributed by atoms with Crippen LogP contribution < -0.4 is 16.2 Å². The summed E-state index contributed by atoms with van der Waals surface area (Å²) in [5.74, 6) is 0. The molecule has 0 heterocycles. The van der Waals surface area contributed by atoms with Gasteiger partial charge in [-0.2, -0.15) is 0 Å². The predicted octanol–water partition coefficient (Wildman–Crippen LogP) is 2.85. The number of hydrogen-bond acceptors (Lipinski definition) is 4. The zero-order valence-corrected chi connectivity index (χ0v) is 10.2. The average Bonchev–Trinajstić information content (AvgIpc) is 2.39. The van der Waals surface area contributed by atoms with E-state index in [1.54, 1.807) is 11.9 Å². The minimum atomic E-state index is 0.575. The molecule has 0 unspecified atom stereocenters. The van der Waals surface area contributed by atoms with Crippen LogP contribution in [0.2, 0.25) is 0 Å². The first-order valence-electron chi connectivity index (χ1n) is 5.35. The molecule has 4 heteroatoms. The molecule has 0 aliphatic rings. The lowest BCUT2D eigenvalue weighted by atomic mass is 10.2. The summed E-state index contributed by atoms with van der Waals surface area (Å²) in [7, 11) is 0. The Hall–Kier alpha value is -1.65. The minimum absolute atomic E-state index is 0.575. The van der Waals surface area contributed by atoms with Crippen molar-refractivity contribution < 1.29 is 0 Å².